The van der Waals surface area contributed by atoms with Crippen molar-refractivity contribution in [3.8, 4) is 0 Å². The maximum atomic E-state index is 15.1. The van der Waals surface area contributed by atoms with Crippen molar-refractivity contribution in [1.82, 2.24) is 4.98 Å². The average molecular weight is 622 g/mol. The van der Waals surface area contributed by atoms with Gasteiger partial charge in [-0.2, -0.15) is 0 Å². The second-order valence-corrected chi connectivity index (χ2v) is 12.5. The van der Waals surface area contributed by atoms with Crippen molar-refractivity contribution in [3.05, 3.63) is 134 Å². The summed E-state index contributed by atoms with van der Waals surface area (Å²) in [6, 6.07) is 21.8. The molecule has 2 amide bonds. The lowest BCUT2D eigenvalue weighted by Gasteiger charge is -2.32. The van der Waals surface area contributed by atoms with Gasteiger partial charge < -0.3 is 9.32 Å². The number of carbonyl (C=O) groups excluding carboxylic acids is 2. The standard InChI is InChI=1S/C34H21ClFN3O4S/c1-17-13-21-26(14-18(17)2)43-30-28(29(21)40)34(39(31(30)41)33-37-24-12-11-20(35)15-27(24)44-33)22-8-4-6-10-25(22)38(32(34)42)16-19-7-3-5-9-23(19)36/h3-15H,16H2,1-2H3. The maximum absolute atomic E-state index is 15.1. The van der Waals surface area contributed by atoms with Crippen LogP contribution < -0.4 is 15.2 Å². The van der Waals surface area contributed by atoms with Gasteiger partial charge in [0.15, 0.2) is 16.1 Å². The summed E-state index contributed by atoms with van der Waals surface area (Å²) >= 11 is 7.44. The van der Waals surface area contributed by atoms with Gasteiger partial charge in [0, 0.05) is 16.1 Å². The molecule has 216 valence electrons. The van der Waals surface area contributed by atoms with E-state index in [0.29, 0.717) is 26.5 Å². The second kappa shape index (κ2) is 9.32. The van der Waals surface area contributed by atoms with Gasteiger partial charge in [0.1, 0.15) is 11.4 Å². The van der Waals surface area contributed by atoms with Gasteiger partial charge in [0.25, 0.3) is 11.8 Å². The molecule has 0 N–H and O–H groups in total. The highest BCUT2D eigenvalue weighted by Gasteiger charge is 2.66. The molecular formula is C34H21ClFN3O4S. The molecule has 2 aliphatic heterocycles. The third-order valence-electron chi connectivity index (χ3n) is 8.56. The molecule has 7 nitrogen and oxygen atoms in total. The van der Waals surface area contributed by atoms with E-state index in [1.807, 2.05) is 13.8 Å². The minimum absolute atomic E-state index is 0.0796. The zero-order chi connectivity index (χ0) is 30.5. The van der Waals surface area contributed by atoms with E-state index in [-0.39, 0.29) is 39.5 Å². The molecule has 0 aliphatic carbocycles. The van der Waals surface area contributed by atoms with Crippen LogP contribution in [0.1, 0.15) is 38.4 Å². The summed E-state index contributed by atoms with van der Waals surface area (Å²) in [4.78, 5) is 51.6. The predicted molar refractivity (Wildman–Crippen MR) is 168 cm³/mol. The summed E-state index contributed by atoms with van der Waals surface area (Å²) in [6.07, 6.45) is 0. The first-order valence-electron chi connectivity index (χ1n) is 13.8. The van der Waals surface area contributed by atoms with Crippen LogP contribution >= 0.6 is 22.9 Å². The Balaban J connectivity index is 1.47. The van der Waals surface area contributed by atoms with Gasteiger partial charge in [-0.05, 0) is 67.4 Å². The number of benzene rings is 4. The average Bonchev–Trinajstić information content (AvgIpc) is 3.61. The van der Waals surface area contributed by atoms with Crippen molar-refractivity contribution in [2.45, 2.75) is 25.9 Å². The maximum Gasteiger partial charge on any atom is 0.297 e. The van der Waals surface area contributed by atoms with Gasteiger partial charge in [0.2, 0.25) is 5.76 Å². The van der Waals surface area contributed by atoms with Gasteiger partial charge in [-0.15, -0.1) is 0 Å². The first kappa shape index (κ1) is 26.7. The minimum Gasteiger partial charge on any atom is -0.450 e. The van der Waals surface area contributed by atoms with Crippen molar-refractivity contribution in [2.75, 3.05) is 9.80 Å². The zero-order valence-electron chi connectivity index (χ0n) is 23.4. The number of aryl methyl sites for hydroxylation is 2. The van der Waals surface area contributed by atoms with Crippen LogP contribution in [0.3, 0.4) is 0 Å². The number of hydrogen-bond donors (Lipinski definition) is 0. The molecule has 0 bridgehead atoms. The van der Waals surface area contributed by atoms with Crippen LogP contribution in [-0.4, -0.2) is 16.8 Å². The number of hydrogen-bond acceptors (Lipinski definition) is 6. The highest BCUT2D eigenvalue weighted by Crippen LogP contribution is 2.55. The number of carbonyl (C=O) groups is 2. The molecule has 0 fully saturated rings. The third-order valence-corrected chi connectivity index (χ3v) is 9.80. The Morgan fingerprint density at radius 3 is 2.52 bits per heavy atom. The Labute approximate surface area is 258 Å². The number of para-hydroxylation sites is 1. The van der Waals surface area contributed by atoms with Crippen LogP contribution in [-0.2, 0) is 16.9 Å². The Morgan fingerprint density at radius 2 is 1.70 bits per heavy atom. The van der Waals surface area contributed by atoms with Gasteiger partial charge >= 0.3 is 0 Å². The van der Waals surface area contributed by atoms with Crippen molar-refractivity contribution in [2.24, 2.45) is 0 Å². The molecule has 1 atom stereocenters. The lowest BCUT2D eigenvalue weighted by molar-refractivity contribution is -0.121. The smallest absolute Gasteiger partial charge is 0.297 e. The zero-order valence-corrected chi connectivity index (χ0v) is 24.9. The predicted octanol–water partition coefficient (Wildman–Crippen LogP) is 7.26. The molecule has 1 unspecified atom stereocenters. The molecule has 8 rings (SSSR count). The molecule has 4 aromatic carbocycles. The van der Waals surface area contributed by atoms with Gasteiger partial charge in [0.05, 0.1) is 33.4 Å². The van der Waals surface area contributed by atoms with E-state index in [4.69, 9.17) is 21.0 Å². The summed E-state index contributed by atoms with van der Waals surface area (Å²) in [5, 5.41) is 0.950. The summed E-state index contributed by atoms with van der Waals surface area (Å²) in [5.74, 6) is -1.95. The molecule has 2 aromatic heterocycles. The number of nitrogens with zero attached hydrogens (tertiary/aromatic N) is 3. The van der Waals surface area contributed by atoms with Gasteiger partial charge in [-0.3, -0.25) is 19.3 Å². The highest BCUT2D eigenvalue weighted by molar-refractivity contribution is 7.22. The van der Waals surface area contributed by atoms with E-state index in [1.54, 1.807) is 72.8 Å². The van der Waals surface area contributed by atoms with Crippen LogP contribution in [0.25, 0.3) is 21.2 Å². The van der Waals surface area contributed by atoms with E-state index < -0.39 is 28.6 Å². The number of thiazole rings is 1. The Hall–Kier alpha value is -4.86. The van der Waals surface area contributed by atoms with Crippen molar-refractivity contribution >= 4 is 66.8 Å². The lowest BCUT2D eigenvalue weighted by Crippen LogP contribution is -2.53. The number of anilines is 2. The summed E-state index contributed by atoms with van der Waals surface area (Å²) in [6.45, 7) is 3.66. The van der Waals surface area contributed by atoms with Crippen LogP contribution in [0, 0.1) is 19.7 Å². The topological polar surface area (TPSA) is 83.7 Å². The Morgan fingerprint density at radius 1 is 0.955 bits per heavy atom. The number of amides is 2. The number of aromatic nitrogens is 1. The second-order valence-electron chi connectivity index (χ2n) is 11.0. The SMILES string of the molecule is Cc1cc2oc3c(c(=O)c2cc1C)C1(C(=O)N(Cc2ccccc2F)c2ccccc21)N(c1nc2ccc(Cl)cc2s1)C3=O. The normalized spacial score (nSPS) is 17.4. The van der Waals surface area contributed by atoms with Crippen molar-refractivity contribution in [1.29, 1.82) is 0 Å². The molecule has 10 heteroatoms. The monoisotopic (exact) mass is 621 g/mol. The molecule has 4 heterocycles. The van der Waals surface area contributed by atoms with Crippen LogP contribution in [0.5, 0.6) is 0 Å². The molecule has 6 aromatic rings. The molecule has 0 saturated carbocycles. The Bertz CT molecular complexity index is 2310. The van der Waals surface area contributed by atoms with Crippen LogP contribution in [0.4, 0.5) is 15.2 Å². The largest absolute Gasteiger partial charge is 0.450 e. The first-order chi connectivity index (χ1) is 21.2. The fourth-order valence-corrected chi connectivity index (χ4v) is 7.65. The van der Waals surface area contributed by atoms with E-state index in [9.17, 15) is 14.0 Å². The fourth-order valence-electron chi connectivity index (χ4n) is 6.35. The quantitative estimate of drug-likeness (QED) is 0.208. The van der Waals surface area contributed by atoms with E-state index >= 15 is 4.79 Å². The molecule has 0 saturated heterocycles. The molecule has 2 aliphatic rings. The Kier molecular flexibility index (Phi) is 5.66. The lowest BCUT2D eigenvalue weighted by atomic mass is 9.84. The third kappa shape index (κ3) is 3.48. The molecule has 0 radical (unpaired) electrons. The number of halogens is 2. The summed E-state index contributed by atoms with van der Waals surface area (Å²) in [5.41, 5.74) is 1.21. The first-order valence-corrected chi connectivity index (χ1v) is 15.0. The van der Waals surface area contributed by atoms with Gasteiger partial charge in [-0.25, -0.2) is 9.37 Å². The molecule has 1 spiro atoms. The summed E-state index contributed by atoms with van der Waals surface area (Å²) < 4.78 is 21.9. The van der Waals surface area contributed by atoms with E-state index in [0.717, 1.165) is 11.1 Å². The summed E-state index contributed by atoms with van der Waals surface area (Å²) in [7, 11) is 0. The fraction of sp³-hybridized carbons (Fsp3) is 0.118. The highest BCUT2D eigenvalue weighted by atomic mass is 35.5. The minimum atomic E-state index is -1.94. The van der Waals surface area contributed by atoms with E-state index in [2.05, 4.69) is 0 Å². The molecule has 44 heavy (non-hydrogen) atoms. The molecular weight excluding hydrogens is 601 g/mol. The van der Waals surface area contributed by atoms with Crippen LogP contribution in [0.2, 0.25) is 5.02 Å². The van der Waals surface area contributed by atoms with Crippen molar-refractivity contribution < 1.29 is 18.4 Å². The number of fused-ring (bicyclic) bond motifs is 6. The van der Waals surface area contributed by atoms with E-state index in [1.165, 1.54) is 27.2 Å². The number of rotatable bonds is 3. The van der Waals surface area contributed by atoms with Crippen LogP contribution in [0.15, 0.2) is 88.1 Å². The van der Waals surface area contributed by atoms with Crippen molar-refractivity contribution in [3.63, 3.8) is 0 Å². The van der Waals surface area contributed by atoms with Gasteiger partial charge in [-0.1, -0.05) is 59.3 Å².